The van der Waals surface area contributed by atoms with Gasteiger partial charge in [0.1, 0.15) is 0 Å². The Kier molecular flexibility index (Phi) is 1.94. The van der Waals surface area contributed by atoms with E-state index in [0.717, 1.165) is 5.56 Å². The highest BCUT2D eigenvalue weighted by Gasteiger charge is 2.04. The molecule has 0 saturated carbocycles. The molecule has 0 saturated heterocycles. The Labute approximate surface area is 78.9 Å². The molecular formula is C9H6ClNO2. The van der Waals surface area contributed by atoms with E-state index in [4.69, 9.17) is 11.6 Å². The third kappa shape index (κ3) is 1.51. The van der Waals surface area contributed by atoms with Crippen LogP contribution in [0.4, 0.5) is 0 Å². The first-order valence-electron chi connectivity index (χ1n) is 3.70. The maximum absolute atomic E-state index is 11.1. The number of benzene rings is 1. The third-order valence-corrected chi connectivity index (χ3v) is 1.98. The van der Waals surface area contributed by atoms with E-state index < -0.39 is 0 Å². The Hall–Kier alpha value is -1.48. The molecule has 1 heterocycles. The van der Waals surface area contributed by atoms with E-state index in [1.54, 1.807) is 24.3 Å². The number of H-pyrrole nitrogens is 1. The number of aromatic nitrogens is 1. The lowest BCUT2D eigenvalue weighted by atomic mass is 10.1. The molecule has 0 radical (unpaired) electrons. The van der Waals surface area contributed by atoms with Crippen molar-refractivity contribution in [1.82, 2.24) is 5.16 Å². The molecule has 0 fully saturated rings. The van der Waals surface area contributed by atoms with Crippen LogP contribution in [0.15, 0.2) is 39.8 Å². The van der Waals surface area contributed by atoms with Crippen LogP contribution in [-0.4, -0.2) is 5.16 Å². The third-order valence-electron chi connectivity index (χ3n) is 1.73. The highest BCUT2D eigenvalue weighted by atomic mass is 35.5. The van der Waals surface area contributed by atoms with Crippen molar-refractivity contribution in [2.45, 2.75) is 0 Å². The molecule has 2 aromatic rings. The largest absolute Gasteiger partial charge is 0.364 e. The molecule has 0 aliphatic rings. The second kappa shape index (κ2) is 3.11. The van der Waals surface area contributed by atoms with Crippen molar-refractivity contribution in [2.75, 3.05) is 0 Å². The van der Waals surface area contributed by atoms with Crippen LogP contribution in [0.5, 0.6) is 0 Å². The number of hydrogen-bond donors (Lipinski definition) is 1. The maximum atomic E-state index is 11.1. The van der Waals surface area contributed by atoms with Crippen molar-refractivity contribution in [2.24, 2.45) is 0 Å². The fourth-order valence-electron chi connectivity index (χ4n) is 1.09. The molecule has 13 heavy (non-hydrogen) atoms. The zero-order chi connectivity index (χ0) is 9.26. The van der Waals surface area contributed by atoms with Gasteiger partial charge >= 0.3 is 5.63 Å². The van der Waals surface area contributed by atoms with E-state index >= 15 is 0 Å². The summed E-state index contributed by atoms with van der Waals surface area (Å²) >= 11 is 5.70. The van der Waals surface area contributed by atoms with Crippen molar-refractivity contribution in [3.63, 3.8) is 0 Å². The molecule has 0 unspecified atom stereocenters. The molecule has 2 rings (SSSR count). The smallest absolute Gasteiger partial charge is 0.338 e. The summed E-state index contributed by atoms with van der Waals surface area (Å²) in [5.74, 6) is 0. The molecule has 0 aliphatic carbocycles. The van der Waals surface area contributed by atoms with E-state index in [9.17, 15) is 4.79 Å². The van der Waals surface area contributed by atoms with Crippen LogP contribution in [0.25, 0.3) is 11.1 Å². The topological polar surface area (TPSA) is 46.0 Å². The Morgan fingerprint density at radius 2 is 1.92 bits per heavy atom. The van der Waals surface area contributed by atoms with E-state index in [1.165, 1.54) is 6.20 Å². The van der Waals surface area contributed by atoms with Crippen LogP contribution in [0.1, 0.15) is 0 Å². The minimum Gasteiger partial charge on any atom is -0.338 e. The predicted octanol–water partition coefficient (Wildman–Crippen LogP) is 2.29. The quantitative estimate of drug-likeness (QED) is 0.759. The monoisotopic (exact) mass is 195 g/mol. The summed E-state index contributed by atoms with van der Waals surface area (Å²) in [5, 5.41) is 3.03. The molecule has 0 amide bonds. The number of rotatable bonds is 1. The second-order valence-corrected chi connectivity index (χ2v) is 3.01. The van der Waals surface area contributed by atoms with Gasteiger partial charge in [0.15, 0.2) is 0 Å². The SMILES string of the molecule is O=c1o[nH]cc1-c1ccc(Cl)cc1. The highest BCUT2D eigenvalue weighted by Crippen LogP contribution is 2.17. The second-order valence-electron chi connectivity index (χ2n) is 2.57. The summed E-state index contributed by atoms with van der Waals surface area (Å²) in [7, 11) is 0. The normalized spacial score (nSPS) is 10.2. The van der Waals surface area contributed by atoms with Gasteiger partial charge in [-0.05, 0) is 17.7 Å². The zero-order valence-corrected chi connectivity index (χ0v) is 7.34. The van der Waals surface area contributed by atoms with Gasteiger partial charge in [0.25, 0.3) is 0 Å². The molecule has 1 aromatic carbocycles. The molecular weight excluding hydrogens is 190 g/mol. The number of hydrogen-bond acceptors (Lipinski definition) is 2. The summed E-state index contributed by atoms with van der Waals surface area (Å²) in [6.45, 7) is 0. The lowest BCUT2D eigenvalue weighted by Crippen LogP contribution is -1.94. The van der Waals surface area contributed by atoms with Crippen molar-refractivity contribution in [3.8, 4) is 11.1 Å². The van der Waals surface area contributed by atoms with Crippen molar-refractivity contribution in [1.29, 1.82) is 0 Å². The van der Waals surface area contributed by atoms with Gasteiger partial charge in [-0.15, -0.1) is 0 Å². The molecule has 0 atom stereocenters. The van der Waals surface area contributed by atoms with E-state index in [-0.39, 0.29) is 5.63 Å². The van der Waals surface area contributed by atoms with Crippen LogP contribution < -0.4 is 5.63 Å². The summed E-state index contributed by atoms with van der Waals surface area (Å²) in [6, 6.07) is 6.98. The van der Waals surface area contributed by atoms with Crippen molar-refractivity contribution < 1.29 is 4.52 Å². The average molecular weight is 196 g/mol. The van der Waals surface area contributed by atoms with Crippen molar-refractivity contribution in [3.05, 3.63) is 45.9 Å². The molecule has 66 valence electrons. The number of halogens is 1. The lowest BCUT2D eigenvalue weighted by molar-refractivity contribution is 0.392. The predicted molar refractivity (Wildman–Crippen MR) is 49.8 cm³/mol. The maximum Gasteiger partial charge on any atom is 0.364 e. The summed E-state index contributed by atoms with van der Waals surface area (Å²) in [5.41, 5.74) is 0.929. The fraction of sp³-hybridized carbons (Fsp3) is 0. The highest BCUT2D eigenvalue weighted by molar-refractivity contribution is 6.30. The summed E-state index contributed by atoms with van der Waals surface area (Å²) in [6.07, 6.45) is 1.52. The van der Waals surface area contributed by atoms with Crippen LogP contribution in [0, 0.1) is 0 Å². The fourth-order valence-corrected chi connectivity index (χ4v) is 1.21. The summed E-state index contributed by atoms with van der Waals surface area (Å²) < 4.78 is 4.54. The van der Waals surface area contributed by atoms with Gasteiger partial charge in [0, 0.05) is 5.02 Å². The first kappa shape index (κ1) is 8.13. The average Bonchev–Trinajstić information content (AvgIpc) is 2.53. The van der Waals surface area contributed by atoms with Crippen LogP contribution in [0.2, 0.25) is 5.02 Å². The lowest BCUT2D eigenvalue weighted by Gasteiger charge is -1.93. The van der Waals surface area contributed by atoms with Gasteiger partial charge in [-0.3, -0.25) is 0 Å². The van der Waals surface area contributed by atoms with Gasteiger partial charge in [-0.2, -0.15) is 0 Å². The van der Waals surface area contributed by atoms with E-state index in [2.05, 4.69) is 9.68 Å². The van der Waals surface area contributed by atoms with Crippen molar-refractivity contribution >= 4 is 11.6 Å². The zero-order valence-electron chi connectivity index (χ0n) is 6.58. The molecule has 1 aromatic heterocycles. The van der Waals surface area contributed by atoms with Crippen LogP contribution in [-0.2, 0) is 0 Å². The Morgan fingerprint density at radius 3 is 2.46 bits per heavy atom. The molecule has 0 aliphatic heterocycles. The Bertz CT molecular complexity index is 455. The molecule has 4 heteroatoms. The first-order chi connectivity index (χ1) is 6.27. The molecule has 3 nitrogen and oxygen atoms in total. The minimum atomic E-state index is -0.373. The molecule has 1 N–H and O–H groups in total. The van der Waals surface area contributed by atoms with Crippen LogP contribution in [0.3, 0.4) is 0 Å². The first-order valence-corrected chi connectivity index (χ1v) is 4.08. The number of aromatic amines is 1. The molecule has 0 spiro atoms. The standard InChI is InChI=1S/C9H6ClNO2/c10-7-3-1-6(2-4-7)8-5-11-13-9(8)12/h1-5,11H. The summed E-state index contributed by atoms with van der Waals surface area (Å²) in [4.78, 5) is 11.1. The Balaban J connectivity index is 2.54. The van der Waals surface area contributed by atoms with E-state index in [1.807, 2.05) is 0 Å². The van der Waals surface area contributed by atoms with Gasteiger partial charge < -0.3 is 4.52 Å². The Morgan fingerprint density at radius 1 is 1.23 bits per heavy atom. The minimum absolute atomic E-state index is 0.373. The van der Waals surface area contributed by atoms with Gasteiger partial charge in [-0.1, -0.05) is 23.7 Å². The van der Waals surface area contributed by atoms with Gasteiger partial charge in [0.2, 0.25) is 0 Å². The molecule has 0 bridgehead atoms. The van der Waals surface area contributed by atoms with E-state index in [0.29, 0.717) is 10.6 Å². The van der Waals surface area contributed by atoms with Gasteiger partial charge in [0.05, 0.1) is 11.8 Å². The number of nitrogens with one attached hydrogen (secondary N) is 1. The van der Waals surface area contributed by atoms with Gasteiger partial charge in [-0.25, -0.2) is 9.95 Å². The van der Waals surface area contributed by atoms with Crippen LogP contribution >= 0.6 is 11.6 Å².